The van der Waals surface area contributed by atoms with Crippen LogP contribution in [0.2, 0.25) is 0 Å². The van der Waals surface area contributed by atoms with Crippen molar-refractivity contribution in [1.29, 1.82) is 0 Å². The van der Waals surface area contributed by atoms with Gasteiger partial charge in [-0.3, -0.25) is 0 Å². The third kappa shape index (κ3) is 5.24. The minimum atomic E-state index is 0.750. The molecule has 0 fully saturated rings. The maximum Gasteiger partial charge on any atom is 0.0187 e. The molecule has 0 saturated heterocycles. The molecule has 0 N–H and O–H groups in total. The molecular weight excluding hydrogens is 202 g/mol. The number of benzene rings is 1. The predicted molar refractivity (Wildman–Crippen MR) is 70.4 cm³/mol. The normalized spacial score (nSPS) is 13.1. The minimum absolute atomic E-state index is 0.750. The first-order valence-electron chi connectivity index (χ1n) is 5.52. The first-order chi connectivity index (χ1) is 7.22. The van der Waals surface area contributed by atoms with E-state index < -0.39 is 0 Å². The van der Waals surface area contributed by atoms with E-state index in [1.165, 1.54) is 18.5 Å². The molecule has 15 heavy (non-hydrogen) atoms. The highest BCUT2D eigenvalue weighted by molar-refractivity contribution is 7.99. The Kier molecular flexibility index (Phi) is 5.81. The van der Waals surface area contributed by atoms with Crippen LogP contribution in [0.4, 0.5) is 0 Å². The third-order valence-electron chi connectivity index (χ3n) is 2.35. The first-order valence-corrected chi connectivity index (χ1v) is 6.57. The Morgan fingerprint density at radius 1 is 1.20 bits per heavy atom. The third-order valence-corrected chi connectivity index (χ3v) is 3.81. The number of rotatable bonds is 6. The molecule has 1 atom stereocenters. The zero-order valence-electron chi connectivity index (χ0n) is 9.94. The van der Waals surface area contributed by atoms with Crippen molar-refractivity contribution in [2.45, 2.75) is 24.3 Å². The summed E-state index contributed by atoms with van der Waals surface area (Å²) >= 11 is 2.06. The van der Waals surface area contributed by atoms with E-state index in [2.05, 4.69) is 68.0 Å². The van der Waals surface area contributed by atoms with Gasteiger partial charge in [-0.05, 0) is 26.1 Å². The van der Waals surface area contributed by atoms with E-state index in [1.54, 1.807) is 0 Å². The van der Waals surface area contributed by atoms with Crippen LogP contribution in [0.25, 0.3) is 0 Å². The predicted octanol–water partition coefficient (Wildman–Crippen LogP) is 3.26. The smallest absolute Gasteiger partial charge is 0.0187 e. The van der Waals surface area contributed by atoms with Gasteiger partial charge in [0.05, 0.1) is 0 Å². The molecule has 0 saturated carbocycles. The zero-order valence-corrected chi connectivity index (χ0v) is 10.8. The molecule has 1 rings (SSSR count). The van der Waals surface area contributed by atoms with Gasteiger partial charge in [0, 0.05) is 17.5 Å². The molecule has 84 valence electrons. The molecule has 1 aromatic carbocycles. The molecule has 0 aliphatic heterocycles. The van der Waals surface area contributed by atoms with E-state index in [4.69, 9.17) is 0 Å². The number of thioether (sulfide) groups is 1. The molecule has 1 aromatic rings. The molecule has 1 unspecified atom stereocenters. The van der Waals surface area contributed by atoms with Gasteiger partial charge in [0.1, 0.15) is 0 Å². The summed E-state index contributed by atoms with van der Waals surface area (Å²) in [5, 5.41) is 0.750. The van der Waals surface area contributed by atoms with Crippen LogP contribution in [0.1, 0.15) is 18.9 Å². The molecule has 0 amide bonds. The van der Waals surface area contributed by atoms with Gasteiger partial charge in [-0.2, -0.15) is 11.8 Å². The molecule has 2 heteroatoms. The number of hydrogen-bond donors (Lipinski definition) is 0. The van der Waals surface area contributed by atoms with Crippen molar-refractivity contribution in [2.24, 2.45) is 0 Å². The number of hydrogen-bond acceptors (Lipinski definition) is 2. The first kappa shape index (κ1) is 12.6. The van der Waals surface area contributed by atoms with Crippen molar-refractivity contribution in [3.8, 4) is 0 Å². The van der Waals surface area contributed by atoms with E-state index in [0.29, 0.717) is 0 Å². The highest BCUT2D eigenvalue weighted by Gasteiger charge is 2.07. The van der Waals surface area contributed by atoms with Gasteiger partial charge in [0.15, 0.2) is 0 Å². The summed E-state index contributed by atoms with van der Waals surface area (Å²) in [6, 6.07) is 10.7. The second-order valence-corrected chi connectivity index (χ2v) is 5.38. The van der Waals surface area contributed by atoms with E-state index in [-0.39, 0.29) is 0 Å². The Morgan fingerprint density at radius 2 is 1.87 bits per heavy atom. The fourth-order valence-electron chi connectivity index (χ4n) is 1.50. The van der Waals surface area contributed by atoms with Crippen molar-refractivity contribution in [3.63, 3.8) is 0 Å². The summed E-state index contributed by atoms with van der Waals surface area (Å²) in [6.45, 7) is 3.44. The molecule has 1 nitrogen and oxygen atoms in total. The Bertz CT molecular complexity index is 258. The molecule has 0 bridgehead atoms. The van der Waals surface area contributed by atoms with Crippen molar-refractivity contribution in [3.05, 3.63) is 35.9 Å². The van der Waals surface area contributed by atoms with Crippen LogP contribution in [0, 0.1) is 0 Å². The Balaban J connectivity index is 2.34. The van der Waals surface area contributed by atoms with Crippen LogP contribution < -0.4 is 0 Å². The fourth-order valence-corrected chi connectivity index (χ4v) is 2.76. The second-order valence-electron chi connectivity index (χ2n) is 4.09. The van der Waals surface area contributed by atoms with Gasteiger partial charge in [0.25, 0.3) is 0 Å². The summed E-state index contributed by atoms with van der Waals surface area (Å²) in [7, 11) is 4.29. The minimum Gasteiger partial charge on any atom is -0.308 e. The van der Waals surface area contributed by atoms with Crippen LogP contribution in [-0.2, 0) is 5.75 Å². The van der Waals surface area contributed by atoms with Gasteiger partial charge in [-0.25, -0.2) is 0 Å². The fraction of sp³-hybridized carbons (Fsp3) is 0.538. The van der Waals surface area contributed by atoms with Gasteiger partial charge in [0.2, 0.25) is 0 Å². The van der Waals surface area contributed by atoms with Crippen LogP contribution >= 0.6 is 11.8 Å². The van der Waals surface area contributed by atoms with E-state index in [0.717, 1.165) is 11.0 Å². The summed E-state index contributed by atoms with van der Waals surface area (Å²) < 4.78 is 0. The lowest BCUT2D eigenvalue weighted by Crippen LogP contribution is -2.23. The molecule has 0 heterocycles. The number of nitrogens with zero attached hydrogens (tertiary/aromatic N) is 1. The summed E-state index contributed by atoms with van der Waals surface area (Å²) in [6.07, 6.45) is 1.25. The van der Waals surface area contributed by atoms with Crippen LogP contribution in [-0.4, -0.2) is 30.8 Å². The largest absolute Gasteiger partial charge is 0.308 e. The second kappa shape index (κ2) is 6.91. The summed E-state index contributed by atoms with van der Waals surface area (Å²) in [5.74, 6) is 1.13. The lowest BCUT2D eigenvalue weighted by atomic mass is 10.2. The molecular formula is C13H21NS. The molecule has 0 aromatic heterocycles. The lowest BCUT2D eigenvalue weighted by molar-refractivity contribution is 0.404. The standard InChI is InChI=1S/C13H21NS/c1-4-13(10-14(2)3)15-11-12-8-6-5-7-9-12/h5-9,13H,4,10-11H2,1-3H3. The van der Waals surface area contributed by atoms with Crippen molar-refractivity contribution in [1.82, 2.24) is 4.90 Å². The van der Waals surface area contributed by atoms with Gasteiger partial charge >= 0.3 is 0 Å². The van der Waals surface area contributed by atoms with E-state index >= 15 is 0 Å². The molecule has 0 radical (unpaired) electrons. The molecule has 0 aliphatic rings. The van der Waals surface area contributed by atoms with Crippen LogP contribution in [0.15, 0.2) is 30.3 Å². The highest BCUT2D eigenvalue weighted by Crippen LogP contribution is 2.20. The maximum atomic E-state index is 2.27. The monoisotopic (exact) mass is 223 g/mol. The van der Waals surface area contributed by atoms with Crippen molar-refractivity contribution in [2.75, 3.05) is 20.6 Å². The molecule has 0 spiro atoms. The quantitative estimate of drug-likeness (QED) is 0.728. The average Bonchev–Trinajstić information content (AvgIpc) is 2.25. The maximum absolute atomic E-state index is 2.27. The SMILES string of the molecule is CCC(CN(C)C)SCc1ccccc1. The summed E-state index contributed by atoms with van der Waals surface area (Å²) in [4.78, 5) is 2.27. The van der Waals surface area contributed by atoms with Gasteiger partial charge in [-0.1, -0.05) is 37.3 Å². The Hall–Kier alpha value is -0.470. The lowest BCUT2D eigenvalue weighted by Gasteiger charge is -2.19. The van der Waals surface area contributed by atoms with Crippen LogP contribution in [0.3, 0.4) is 0 Å². The topological polar surface area (TPSA) is 3.24 Å². The summed E-state index contributed by atoms with van der Waals surface area (Å²) in [5.41, 5.74) is 1.43. The average molecular weight is 223 g/mol. The molecule has 0 aliphatic carbocycles. The Labute approximate surface area is 97.9 Å². The van der Waals surface area contributed by atoms with Crippen LogP contribution in [0.5, 0.6) is 0 Å². The highest BCUT2D eigenvalue weighted by atomic mass is 32.2. The van der Waals surface area contributed by atoms with E-state index in [9.17, 15) is 0 Å². The van der Waals surface area contributed by atoms with Gasteiger partial charge < -0.3 is 4.90 Å². The van der Waals surface area contributed by atoms with E-state index in [1.807, 2.05) is 0 Å². The van der Waals surface area contributed by atoms with Gasteiger partial charge in [-0.15, -0.1) is 0 Å². The zero-order chi connectivity index (χ0) is 11.1. The Morgan fingerprint density at radius 3 is 2.40 bits per heavy atom. The van der Waals surface area contributed by atoms with Crippen molar-refractivity contribution < 1.29 is 0 Å². The van der Waals surface area contributed by atoms with Crippen molar-refractivity contribution >= 4 is 11.8 Å².